The Hall–Kier alpha value is -4.66. The van der Waals surface area contributed by atoms with Crippen molar-refractivity contribution in [3.8, 4) is 11.5 Å². The number of nitrogens with one attached hydrogen (secondary N) is 3. The molecule has 1 saturated heterocycles. The zero-order valence-electron chi connectivity index (χ0n) is 30.9. The molecule has 0 bridgehead atoms. The van der Waals surface area contributed by atoms with Gasteiger partial charge >= 0.3 is 6.09 Å². The number of benzene rings is 1. The second-order valence-corrected chi connectivity index (χ2v) is 16.9. The fourth-order valence-electron chi connectivity index (χ4n) is 6.63. The van der Waals surface area contributed by atoms with Crippen LogP contribution in [-0.2, 0) is 29.1 Å². The van der Waals surface area contributed by atoms with Crippen molar-refractivity contribution in [3.05, 3.63) is 55.8 Å². The van der Waals surface area contributed by atoms with Crippen LogP contribution in [-0.4, -0.2) is 90.3 Å². The normalized spacial score (nSPS) is 23.0. The number of hydrogen-bond donors (Lipinski definition) is 3. The Kier molecular flexibility index (Phi) is 12.0. The molecule has 14 nitrogen and oxygen atoms in total. The number of sulfonamides is 1. The Morgan fingerprint density at radius 1 is 1.11 bits per heavy atom. The Morgan fingerprint density at radius 3 is 2.51 bits per heavy atom. The number of hydrogen-bond acceptors (Lipinski definition) is 10. The first-order valence-electron chi connectivity index (χ1n) is 18.1. The Bertz CT molecular complexity index is 1840. The van der Waals surface area contributed by atoms with Gasteiger partial charge in [-0.1, -0.05) is 25.0 Å². The summed E-state index contributed by atoms with van der Waals surface area (Å²) in [5.74, 6) is -1.42. The number of rotatable bonds is 17. The fourth-order valence-corrected chi connectivity index (χ4v) is 7.99. The molecule has 1 aromatic carbocycles. The summed E-state index contributed by atoms with van der Waals surface area (Å²) in [4.78, 5) is 61.0. The highest BCUT2D eigenvalue weighted by Gasteiger charge is 2.62. The van der Waals surface area contributed by atoms with E-state index in [-0.39, 0.29) is 25.8 Å². The zero-order chi connectivity index (χ0) is 38.6. The van der Waals surface area contributed by atoms with Crippen molar-refractivity contribution in [2.75, 3.05) is 13.7 Å². The van der Waals surface area contributed by atoms with Crippen LogP contribution in [0.2, 0.25) is 0 Å². The van der Waals surface area contributed by atoms with E-state index in [1.54, 1.807) is 52.3 Å². The lowest BCUT2D eigenvalue weighted by atomic mass is 10.0. The van der Waals surface area contributed by atoms with Crippen LogP contribution in [0.3, 0.4) is 0 Å². The van der Waals surface area contributed by atoms with E-state index in [0.717, 1.165) is 19.3 Å². The molecule has 5 atom stereocenters. The van der Waals surface area contributed by atoms with Crippen LogP contribution in [0.5, 0.6) is 11.5 Å². The maximum Gasteiger partial charge on any atom is 0.408 e. The molecule has 0 radical (unpaired) electrons. The molecule has 0 spiro atoms. The molecule has 3 fully saturated rings. The van der Waals surface area contributed by atoms with E-state index in [9.17, 15) is 27.6 Å². The van der Waals surface area contributed by atoms with Crippen molar-refractivity contribution < 1.29 is 41.8 Å². The van der Waals surface area contributed by atoms with Gasteiger partial charge in [-0.25, -0.2) is 13.2 Å². The smallest absolute Gasteiger partial charge is 0.408 e. The van der Waals surface area contributed by atoms with Gasteiger partial charge in [0.2, 0.25) is 21.8 Å². The second kappa shape index (κ2) is 16.1. The van der Waals surface area contributed by atoms with Gasteiger partial charge < -0.3 is 29.7 Å². The van der Waals surface area contributed by atoms with Gasteiger partial charge in [-0.3, -0.25) is 24.1 Å². The van der Waals surface area contributed by atoms with Crippen molar-refractivity contribution in [1.29, 1.82) is 0 Å². The molecule has 2 heterocycles. The standard InChI is InChI=1S/C38H51N5O9S/c1-7-9-10-11-12-13-29(40-36(47)52-37(3,4)5)34(45)43-23-26(51-32-18-19-39-30-20-25(50-6)14-17-28(30)32)21-31(43)33(44)41-38(22-24(38)8-2)35(46)42-53(48,49)27-15-16-27/h7-8,14,17-20,24,26-27,29,31H,1-2,9-13,15-16,21-23H2,3-6H3,(H,40,47)(H,41,44)(H,42,46). The van der Waals surface area contributed by atoms with E-state index in [2.05, 4.69) is 33.5 Å². The monoisotopic (exact) mass is 753 g/mol. The molecule has 2 aliphatic carbocycles. The first kappa shape index (κ1) is 39.5. The van der Waals surface area contributed by atoms with Crippen LogP contribution in [0.1, 0.15) is 78.6 Å². The molecule has 1 aliphatic heterocycles. The molecule has 288 valence electrons. The summed E-state index contributed by atoms with van der Waals surface area (Å²) >= 11 is 0. The lowest BCUT2D eigenvalue weighted by Gasteiger charge is -2.30. The number of likely N-dealkylation sites (tertiary alicyclic amines) is 1. The van der Waals surface area contributed by atoms with Crippen LogP contribution in [0, 0.1) is 5.92 Å². The molecule has 53 heavy (non-hydrogen) atoms. The number of methoxy groups -OCH3 is 1. The molecule has 2 saturated carbocycles. The molecule has 5 unspecified atom stereocenters. The highest BCUT2D eigenvalue weighted by Crippen LogP contribution is 2.45. The number of amides is 4. The topological polar surface area (TPSA) is 182 Å². The van der Waals surface area contributed by atoms with Crippen molar-refractivity contribution in [2.24, 2.45) is 5.92 Å². The van der Waals surface area contributed by atoms with Crippen LogP contribution >= 0.6 is 0 Å². The third-order valence-electron chi connectivity index (χ3n) is 9.69. The summed E-state index contributed by atoms with van der Waals surface area (Å²) in [6, 6.07) is 4.90. The third kappa shape index (κ3) is 9.67. The van der Waals surface area contributed by atoms with Crippen molar-refractivity contribution in [2.45, 2.75) is 113 Å². The average molecular weight is 754 g/mol. The Balaban J connectivity index is 1.42. The van der Waals surface area contributed by atoms with Gasteiger partial charge in [-0.2, -0.15) is 0 Å². The van der Waals surface area contributed by atoms with Gasteiger partial charge in [0.05, 0.1) is 24.4 Å². The minimum absolute atomic E-state index is 0.0139. The number of nitrogens with zero attached hydrogens (tertiary/aromatic N) is 2. The maximum absolute atomic E-state index is 14.5. The third-order valence-corrected chi connectivity index (χ3v) is 11.5. The lowest BCUT2D eigenvalue weighted by molar-refractivity contribution is -0.141. The molecule has 3 aliphatic rings. The molecule has 3 N–H and O–H groups in total. The number of allylic oxidation sites excluding steroid dienone is 1. The predicted octanol–water partition coefficient (Wildman–Crippen LogP) is 4.29. The van der Waals surface area contributed by atoms with E-state index in [1.807, 2.05) is 12.1 Å². The Labute approximate surface area is 311 Å². The first-order valence-corrected chi connectivity index (χ1v) is 19.7. The summed E-state index contributed by atoms with van der Waals surface area (Å²) in [6.45, 7) is 12.7. The fraction of sp³-hybridized carbons (Fsp3) is 0.553. The average Bonchev–Trinajstić information content (AvgIpc) is 4.03. The second-order valence-electron chi connectivity index (χ2n) is 15.0. The highest BCUT2D eigenvalue weighted by molar-refractivity contribution is 7.91. The summed E-state index contributed by atoms with van der Waals surface area (Å²) in [5.41, 5.74) is -1.74. The molecular weight excluding hydrogens is 703 g/mol. The van der Waals surface area contributed by atoms with Crippen molar-refractivity contribution in [3.63, 3.8) is 0 Å². The minimum Gasteiger partial charge on any atom is -0.497 e. The summed E-state index contributed by atoms with van der Waals surface area (Å²) in [7, 11) is -2.34. The lowest BCUT2D eigenvalue weighted by Crippen LogP contribution is -2.58. The number of ether oxygens (including phenoxy) is 3. The zero-order valence-corrected chi connectivity index (χ0v) is 31.7. The molecule has 1 aromatic heterocycles. The van der Waals surface area contributed by atoms with Gasteiger partial charge in [0.25, 0.3) is 5.91 Å². The molecular formula is C38H51N5O9S. The van der Waals surface area contributed by atoms with Crippen LogP contribution < -0.4 is 24.8 Å². The number of pyridine rings is 1. The van der Waals surface area contributed by atoms with Gasteiger partial charge in [0.1, 0.15) is 40.8 Å². The van der Waals surface area contributed by atoms with E-state index < -0.39 is 74.3 Å². The summed E-state index contributed by atoms with van der Waals surface area (Å²) in [6.07, 6.45) is 7.93. The van der Waals surface area contributed by atoms with Crippen LogP contribution in [0.15, 0.2) is 55.8 Å². The van der Waals surface area contributed by atoms with Gasteiger partial charge in [0.15, 0.2) is 0 Å². The number of carbonyl (C=O) groups is 4. The largest absolute Gasteiger partial charge is 0.497 e. The molecule has 5 rings (SSSR count). The van der Waals surface area contributed by atoms with Gasteiger partial charge in [-0.15, -0.1) is 13.2 Å². The molecule has 15 heteroatoms. The Morgan fingerprint density at radius 2 is 1.87 bits per heavy atom. The summed E-state index contributed by atoms with van der Waals surface area (Å²) < 4.78 is 44.8. The van der Waals surface area contributed by atoms with Crippen LogP contribution in [0.25, 0.3) is 10.9 Å². The van der Waals surface area contributed by atoms with Gasteiger partial charge in [-0.05, 0) is 77.5 Å². The molecule has 2 aromatic rings. The quantitative estimate of drug-likeness (QED) is 0.156. The van der Waals surface area contributed by atoms with E-state index in [4.69, 9.17) is 14.2 Å². The number of carbonyl (C=O) groups excluding carboxylic acids is 4. The minimum atomic E-state index is -3.90. The van der Waals surface area contributed by atoms with Crippen LogP contribution in [0.4, 0.5) is 4.79 Å². The highest BCUT2D eigenvalue weighted by atomic mass is 32.2. The first-order chi connectivity index (χ1) is 25.1. The number of alkyl carbamates (subject to hydrolysis) is 1. The number of unbranched alkanes of at least 4 members (excludes halogenated alkanes) is 3. The maximum atomic E-state index is 14.5. The van der Waals surface area contributed by atoms with E-state index >= 15 is 0 Å². The van der Waals surface area contributed by atoms with Crippen molar-refractivity contribution >= 4 is 44.7 Å². The predicted molar refractivity (Wildman–Crippen MR) is 199 cm³/mol. The van der Waals surface area contributed by atoms with Crippen molar-refractivity contribution in [1.82, 2.24) is 25.2 Å². The SMILES string of the molecule is C=CCCCCCC(NC(=O)OC(C)(C)C)C(=O)N1CC(Oc2ccnc3cc(OC)ccc23)CC1C(=O)NC1(C(=O)NS(=O)(=O)C2CC2)CC1C=C. The van der Waals surface area contributed by atoms with Gasteiger partial charge in [0, 0.05) is 30.0 Å². The number of aromatic nitrogens is 1. The van der Waals surface area contributed by atoms with E-state index in [1.165, 1.54) is 11.0 Å². The molecule has 4 amide bonds. The number of fused-ring (bicyclic) bond motifs is 1. The van der Waals surface area contributed by atoms with E-state index in [0.29, 0.717) is 41.7 Å². The summed E-state index contributed by atoms with van der Waals surface area (Å²) in [5, 5.41) is 5.58.